The fourth-order valence-electron chi connectivity index (χ4n) is 2.32. The fourth-order valence-corrected chi connectivity index (χ4v) is 5.48. The van der Waals surface area contributed by atoms with Crippen LogP contribution in [0.4, 0.5) is 5.82 Å². The normalized spacial score (nSPS) is 11.2. The van der Waals surface area contributed by atoms with Crippen LogP contribution in [0.3, 0.4) is 0 Å². The van der Waals surface area contributed by atoms with Gasteiger partial charge in [-0.15, -0.1) is 23.1 Å². The SMILES string of the molecule is COP(CSc1ccc(-c2nc(-c3ccc(C)s3)cnc2N)cc1)OC. The van der Waals surface area contributed by atoms with Gasteiger partial charge in [0.05, 0.1) is 22.3 Å². The first-order valence-corrected chi connectivity index (χ1v) is 11.1. The largest absolute Gasteiger partial charge is 0.382 e. The van der Waals surface area contributed by atoms with Gasteiger partial charge in [-0.1, -0.05) is 12.1 Å². The van der Waals surface area contributed by atoms with Crippen LogP contribution in [0.5, 0.6) is 0 Å². The van der Waals surface area contributed by atoms with Gasteiger partial charge in [0, 0.05) is 29.6 Å². The second-order valence-corrected chi connectivity index (χ2v) is 9.87. The number of aryl methyl sites for hydroxylation is 1. The number of hydrogen-bond donors (Lipinski definition) is 1. The lowest BCUT2D eigenvalue weighted by Crippen LogP contribution is -1.98. The molecule has 0 bridgehead atoms. The van der Waals surface area contributed by atoms with Crippen molar-refractivity contribution in [3.05, 3.63) is 47.5 Å². The van der Waals surface area contributed by atoms with Crippen LogP contribution in [0.25, 0.3) is 21.8 Å². The van der Waals surface area contributed by atoms with Crippen molar-refractivity contribution in [2.24, 2.45) is 0 Å². The van der Waals surface area contributed by atoms with Crippen molar-refractivity contribution in [3.8, 4) is 21.8 Å². The van der Waals surface area contributed by atoms with Crippen molar-refractivity contribution in [1.82, 2.24) is 9.97 Å². The first-order chi connectivity index (χ1) is 12.6. The molecule has 1 aromatic carbocycles. The Balaban J connectivity index is 1.80. The van der Waals surface area contributed by atoms with Crippen LogP contribution in [-0.2, 0) is 9.05 Å². The molecule has 8 heteroatoms. The fraction of sp³-hybridized carbons (Fsp3) is 0.222. The molecule has 2 N–H and O–H groups in total. The van der Waals surface area contributed by atoms with E-state index in [1.54, 1.807) is 43.5 Å². The van der Waals surface area contributed by atoms with Gasteiger partial charge >= 0.3 is 0 Å². The van der Waals surface area contributed by atoms with Gasteiger partial charge in [0.1, 0.15) is 11.5 Å². The number of benzene rings is 1. The Kier molecular flexibility index (Phi) is 6.62. The van der Waals surface area contributed by atoms with E-state index in [4.69, 9.17) is 19.8 Å². The maximum atomic E-state index is 6.07. The number of nitrogen functional groups attached to an aromatic ring is 1. The standard InChI is InChI=1S/C18H20N3O2PS2/c1-12-4-9-16(26-12)15-10-20-18(19)17(21-15)13-5-7-14(8-6-13)25-11-24(22-2)23-3/h4-10H,11H2,1-3H3,(H2,19,20). The van der Waals surface area contributed by atoms with Gasteiger partial charge < -0.3 is 14.8 Å². The molecule has 3 rings (SSSR count). The highest BCUT2D eigenvalue weighted by Crippen LogP contribution is 2.42. The number of aromatic nitrogens is 2. The van der Waals surface area contributed by atoms with Crippen molar-refractivity contribution in [2.45, 2.75) is 11.8 Å². The van der Waals surface area contributed by atoms with Gasteiger partial charge in [-0.05, 0) is 31.2 Å². The van der Waals surface area contributed by atoms with Crippen LogP contribution in [-0.4, -0.2) is 29.7 Å². The van der Waals surface area contributed by atoms with Gasteiger partial charge in [-0.25, -0.2) is 9.97 Å². The van der Waals surface area contributed by atoms with Crippen molar-refractivity contribution in [3.63, 3.8) is 0 Å². The molecule has 3 aromatic rings. The molecule has 2 aromatic heterocycles. The summed E-state index contributed by atoms with van der Waals surface area (Å²) < 4.78 is 10.5. The monoisotopic (exact) mass is 405 g/mol. The van der Waals surface area contributed by atoms with Crippen molar-refractivity contribution < 1.29 is 9.05 Å². The predicted octanol–water partition coefficient (Wildman–Crippen LogP) is 5.42. The summed E-state index contributed by atoms with van der Waals surface area (Å²) in [6.45, 7) is 2.08. The summed E-state index contributed by atoms with van der Waals surface area (Å²) in [4.78, 5) is 12.6. The second-order valence-electron chi connectivity index (χ2n) is 5.40. The van der Waals surface area contributed by atoms with Crippen LogP contribution >= 0.6 is 31.5 Å². The molecule has 136 valence electrons. The molecule has 0 fully saturated rings. The third-order valence-corrected chi connectivity index (χ3v) is 7.47. The minimum absolute atomic E-state index is 0.435. The van der Waals surface area contributed by atoms with E-state index in [1.165, 1.54) is 4.88 Å². The summed E-state index contributed by atoms with van der Waals surface area (Å²) in [6, 6.07) is 12.3. The second kappa shape index (κ2) is 8.93. The number of anilines is 1. The summed E-state index contributed by atoms with van der Waals surface area (Å²) >= 11 is 3.40. The molecule has 0 saturated heterocycles. The molecule has 0 atom stereocenters. The van der Waals surface area contributed by atoms with Gasteiger partial charge in [0.2, 0.25) is 0 Å². The minimum atomic E-state index is -0.843. The molecule has 26 heavy (non-hydrogen) atoms. The summed E-state index contributed by atoms with van der Waals surface area (Å²) in [5.41, 5.74) is 9.37. The Hall–Kier alpha value is -1.50. The number of hydrogen-bond acceptors (Lipinski definition) is 7. The third kappa shape index (κ3) is 4.61. The summed E-state index contributed by atoms with van der Waals surface area (Å²) in [5.74, 6) is 0.435. The van der Waals surface area contributed by atoms with E-state index in [1.807, 2.05) is 12.1 Å². The van der Waals surface area contributed by atoms with Gasteiger partial charge in [0.15, 0.2) is 8.38 Å². The molecule has 0 aliphatic rings. The first-order valence-electron chi connectivity index (χ1n) is 7.89. The summed E-state index contributed by atoms with van der Waals surface area (Å²) in [7, 11) is 2.50. The molecule has 0 saturated carbocycles. The maximum absolute atomic E-state index is 6.07. The highest BCUT2D eigenvalue weighted by molar-refractivity contribution is 8.04. The van der Waals surface area contributed by atoms with Crippen LogP contribution in [0.1, 0.15) is 4.88 Å². The van der Waals surface area contributed by atoms with E-state index in [2.05, 4.69) is 36.2 Å². The third-order valence-electron chi connectivity index (χ3n) is 3.67. The molecule has 0 aliphatic heterocycles. The van der Waals surface area contributed by atoms with Crippen LogP contribution in [0.15, 0.2) is 47.5 Å². The zero-order valence-corrected chi connectivity index (χ0v) is 17.3. The number of nitrogens with zero attached hydrogens (tertiary/aromatic N) is 2. The van der Waals surface area contributed by atoms with Crippen LogP contribution < -0.4 is 5.73 Å². The lowest BCUT2D eigenvalue weighted by molar-refractivity contribution is 0.344. The van der Waals surface area contributed by atoms with E-state index >= 15 is 0 Å². The molecule has 2 heterocycles. The molecule has 0 aliphatic carbocycles. The zero-order valence-electron chi connectivity index (χ0n) is 14.8. The Morgan fingerprint density at radius 2 is 1.85 bits per heavy atom. The van der Waals surface area contributed by atoms with E-state index in [9.17, 15) is 0 Å². The summed E-state index contributed by atoms with van der Waals surface area (Å²) in [5, 5.41) is 0. The van der Waals surface area contributed by atoms with Crippen molar-refractivity contribution in [2.75, 3.05) is 25.4 Å². The minimum Gasteiger partial charge on any atom is -0.382 e. The quantitative estimate of drug-likeness (QED) is 0.418. The number of nitrogens with two attached hydrogens (primary N) is 1. The number of rotatable bonds is 7. The molecular weight excluding hydrogens is 385 g/mol. The van der Waals surface area contributed by atoms with Crippen molar-refractivity contribution in [1.29, 1.82) is 0 Å². The number of thioether (sulfide) groups is 1. The Bertz CT molecular complexity index is 867. The van der Waals surface area contributed by atoms with Crippen LogP contribution in [0.2, 0.25) is 0 Å². The Morgan fingerprint density at radius 3 is 2.46 bits per heavy atom. The smallest absolute Gasteiger partial charge is 0.180 e. The lowest BCUT2D eigenvalue weighted by Gasteiger charge is -2.11. The maximum Gasteiger partial charge on any atom is 0.180 e. The molecule has 0 spiro atoms. The topological polar surface area (TPSA) is 70.3 Å². The van der Waals surface area contributed by atoms with Gasteiger partial charge in [-0.2, -0.15) is 0 Å². The van der Waals surface area contributed by atoms with Gasteiger partial charge in [-0.3, -0.25) is 0 Å². The first kappa shape index (κ1) is 19.3. The highest BCUT2D eigenvalue weighted by atomic mass is 32.2. The van der Waals surface area contributed by atoms with Crippen molar-refractivity contribution >= 4 is 37.3 Å². The Labute approximate surface area is 162 Å². The molecular formula is C18H20N3O2PS2. The highest BCUT2D eigenvalue weighted by Gasteiger charge is 2.11. The van der Waals surface area contributed by atoms with Gasteiger partial charge in [0.25, 0.3) is 0 Å². The van der Waals surface area contributed by atoms with E-state index in [-0.39, 0.29) is 0 Å². The zero-order chi connectivity index (χ0) is 18.5. The molecule has 0 unspecified atom stereocenters. The Morgan fingerprint density at radius 1 is 1.12 bits per heavy atom. The molecule has 5 nitrogen and oxygen atoms in total. The van der Waals surface area contributed by atoms with E-state index < -0.39 is 8.38 Å². The lowest BCUT2D eigenvalue weighted by atomic mass is 10.1. The molecule has 0 radical (unpaired) electrons. The van der Waals surface area contributed by atoms with E-state index in [0.717, 1.165) is 26.5 Å². The average molecular weight is 405 g/mol. The number of thiophene rings is 1. The van der Waals surface area contributed by atoms with Crippen LogP contribution in [0, 0.1) is 6.92 Å². The summed E-state index contributed by atoms with van der Waals surface area (Å²) in [6.07, 6.45) is 1.73. The molecule has 0 amide bonds. The predicted molar refractivity (Wildman–Crippen MR) is 112 cm³/mol. The average Bonchev–Trinajstić information content (AvgIpc) is 3.10. The van der Waals surface area contributed by atoms with E-state index in [0.29, 0.717) is 11.5 Å².